The van der Waals surface area contributed by atoms with Gasteiger partial charge in [0.2, 0.25) is 0 Å². The van der Waals surface area contributed by atoms with Crippen molar-refractivity contribution in [2.45, 2.75) is 43.9 Å². The Labute approximate surface area is 123 Å². The van der Waals surface area contributed by atoms with E-state index in [9.17, 15) is 0 Å². The largest absolute Gasteiger partial charge is 0.130 e. The second kappa shape index (κ2) is 6.21. The van der Waals surface area contributed by atoms with Gasteiger partial charge in [-0.05, 0) is 56.7 Å². The number of halogens is 3. The van der Waals surface area contributed by atoms with E-state index in [1.807, 2.05) is 0 Å². The average molecular weight is 387 g/mol. The van der Waals surface area contributed by atoms with Crippen LogP contribution in [-0.4, -0.2) is 0 Å². The maximum atomic E-state index is 6.61. The fraction of sp³-hybridized carbons (Fsp3) is 0.667. The lowest BCUT2D eigenvalue weighted by molar-refractivity contribution is 0.448. The Morgan fingerprint density at radius 1 is 1.19 bits per heavy atom. The number of hydrogen-bond donors (Lipinski definition) is 0. The highest BCUT2D eigenvalue weighted by molar-refractivity contribution is 9.13. The van der Waals surface area contributed by atoms with Gasteiger partial charge in [0.15, 0.2) is 0 Å². The van der Waals surface area contributed by atoms with Gasteiger partial charge < -0.3 is 0 Å². The zero-order valence-electron chi connectivity index (χ0n) is 9.02. The average Bonchev–Trinajstić information content (AvgIpc) is 2.51. The molecule has 1 atom stereocenters. The smallest absolute Gasteiger partial charge is 0.0843 e. The van der Waals surface area contributed by atoms with Gasteiger partial charge in [-0.15, -0.1) is 22.9 Å². The van der Waals surface area contributed by atoms with Gasteiger partial charge in [0.25, 0.3) is 0 Å². The maximum Gasteiger partial charge on any atom is 0.0843 e. The summed E-state index contributed by atoms with van der Waals surface area (Å²) in [6.07, 6.45) is 8.06. The van der Waals surface area contributed by atoms with E-state index in [2.05, 4.69) is 37.9 Å². The first-order valence-electron chi connectivity index (χ1n) is 5.77. The highest BCUT2D eigenvalue weighted by Crippen LogP contribution is 2.44. The maximum absolute atomic E-state index is 6.61. The zero-order valence-corrected chi connectivity index (χ0v) is 13.8. The van der Waals surface area contributed by atoms with Crippen LogP contribution in [0.25, 0.3) is 0 Å². The Bertz CT molecular complexity index is 323. The predicted octanol–water partition coefficient (Wildman–Crippen LogP) is 6.52. The van der Waals surface area contributed by atoms with Gasteiger partial charge in [-0.25, -0.2) is 0 Å². The predicted molar refractivity (Wildman–Crippen MR) is 79.5 cm³/mol. The summed E-state index contributed by atoms with van der Waals surface area (Å²) in [7, 11) is 0. The molecule has 1 aromatic heterocycles. The fourth-order valence-corrected chi connectivity index (χ4v) is 4.95. The molecule has 1 fully saturated rings. The molecule has 4 heteroatoms. The lowest BCUT2D eigenvalue weighted by Crippen LogP contribution is -2.05. The number of rotatable bonds is 2. The molecule has 0 radical (unpaired) electrons. The van der Waals surface area contributed by atoms with Gasteiger partial charge in [-0.1, -0.05) is 25.7 Å². The van der Waals surface area contributed by atoms with Crippen molar-refractivity contribution in [3.8, 4) is 0 Å². The topological polar surface area (TPSA) is 0 Å². The molecule has 1 aliphatic rings. The van der Waals surface area contributed by atoms with E-state index in [1.54, 1.807) is 11.3 Å². The molecular formula is C12H15Br2ClS. The van der Waals surface area contributed by atoms with Gasteiger partial charge in [0.05, 0.1) is 9.16 Å². The highest BCUT2D eigenvalue weighted by Gasteiger charge is 2.24. The molecule has 0 spiro atoms. The summed E-state index contributed by atoms with van der Waals surface area (Å²) in [6, 6.07) is 2.16. The summed E-state index contributed by atoms with van der Waals surface area (Å²) < 4.78 is 2.29. The molecule has 0 aromatic carbocycles. The molecule has 0 bridgehead atoms. The molecule has 1 saturated carbocycles. The van der Waals surface area contributed by atoms with Gasteiger partial charge in [-0.3, -0.25) is 0 Å². The van der Waals surface area contributed by atoms with Crippen molar-refractivity contribution in [2.24, 2.45) is 5.92 Å². The van der Waals surface area contributed by atoms with Crippen LogP contribution in [0.15, 0.2) is 14.3 Å². The van der Waals surface area contributed by atoms with E-state index >= 15 is 0 Å². The first-order valence-corrected chi connectivity index (χ1v) is 8.61. The molecule has 1 heterocycles. The lowest BCUT2D eigenvalue weighted by Gasteiger charge is -2.19. The molecule has 0 nitrogen and oxygen atoms in total. The zero-order chi connectivity index (χ0) is 11.5. The van der Waals surface area contributed by atoms with Crippen molar-refractivity contribution in [3.05, 3.63) is 19.2 Å². The molecular weight excluding hydrogens is 371 g/mol. The van der Waals surface area contributed by atoms with Gasteiger partial charge in [0.1, 0.15) is 0 Å². The first kappa shape index (κ1) is 13.4. The molecule has 1 unspecified atom stereocenters. The molecule has 0 N–H and O–H groups in total. The van der Waals surface area contributed by atoms with Gasteiger partial charge >= 0.3 is 0 Å². The summed E-state index contributed by atoms with van der Waals surface area (Å²) in [4.78, 5) is 1.30. The quantitative estimate of drug-likeness (QED) is 0.401. The lowest BCUT2D eigenvalue weighted by atomic mass is 9.95. The number of thiophene rings is 1. The summed E-state index contributed by atoms with van der Waals surface area (Å²) in [6.45, 7) is 0. The Morgan fingerprint density at radius 3 is 2.31 bits per heavy atom. The van der Waals surface area contributed by atoms with E-state index in [0.29, 0.717) is 5.92 Å². The van der Waals surface area contributed by atoms with Crippen LogP contribution in [0.2, 0.25) is 0 Å². The van der Waals surface area contributed by atoms with Crippen molar-refractivity contribution in [2.75, 3.05) is 0 Å². The van der Waals surface area contributed by atoms with Crippen molar-refractivity contribution < 1.29 is 0 Å². The van der Waals surface area contributed by atoms with E-state index in [4.69, 9.17) is 11.6 Å². The summed E-state index contributed by atoms with van der Waals surface area (Å²) in [5.41, 5.74) is 0. The van der Waals surface area contributed by atoms with Crippen LogP contribution in [0.3, 0.4) is 0 Å². The van der Waals surface area contributed by atoms with Crippen molar-refractivity contribution in [1.82, 2.24) is 0 Å². The highest BCUT2D eigenvalue weighted by atomic mass is 79.9. The number of hydrogen-bond acceptors (Lipinski definition) is 1. The van der Waals surface area contributed by atoms with Crippen molar-refractivity contribution in [3.63, 3.8) is 0 Å². The molecule has 90 valence electrons. The molecule has 0 saturated heterocycles. The standard InChI is InChI=1S/C12H15Br2ClS/c13-9-7-10(16-12(9)14)11(15)8-5-3-1-2-4-6-8/h7-8,11H,1-6H2. The van der Waals surface area contributed by atoms with E-state index in [0.717, 1.165) is 8.26 Å². The van der Waals surface area contributed by atoms with Crippen LogP contribution < -0.4 is 0 Å². The molecule has 2 rings (SSSR count). The third-order valence-corrected chi connectivity index (χ3v) is 7.31. The van der Waals surface area contributed by atoms with E-state index < -0.39 is 0 Å². The summed E-state index contributed by atoms with van der Waals surface area (Å²) >= 11 is 15.4. The SMILES string of the molecule is ClC(c1cc(Br)c(Br)s1)C1CCCCCC1. The molecule has 1 aromatic rings. The van der Waals surface area contributed by atoms with Crippen molar-refractivity contribution >= 4 is 54.8 Å². The van der Waals surface area contributed by atoms with Crippen LogP contribution in [0.4, 0.5) is 0 Å². The molecule has 16 heavy (non-hydrogen) atoms. The van der Waals surface area contributed by atoms with Crippen LogP contribution in [0.1, 0.15) is 48.8 Å². The molecule has 0 amide bonds. The minimum Gasteiger partial charge on any atom is -0.130 e. The Kier molecular flexibility index (Phi) is 5.20. The monoisotopic (exact) mass is 384 g/mol. The van der Waals surface area contributed by atoms with Crippen LogP contribution in [0.5, 0.6) is 0 Å². The Hall–Kier alpha value is 0.950. The fourth-order valence-electron chi connectivity index (χ4n) is 2.34. The van der Waals surface area contributed by atoms with Gasteiger partial charge in [-0.2, -0.15) is 0 Å². The summed E-state index contributed by atoms with van der Waals surface area (Å²) in [5, 5.41) is 0.200. The molecule has 1 aliphatic carbocycles. The van der Waals surface area contributed by atoms with Crippen molar-refractivity contribution in [1.29, 1.82) is 0 Å². The minimum absolute atomic E-state index is 0.200. The van der Waals surface area contributed by atoms with Crippen LogP contribution in [0, 0.1) is 5.92 Å². The van der Waals surface area contributed by atoms with E-state index in [-0.39, 0.29) is 5.38 Å². The third-order valence-electron chi connectivity index (χ3n) is 3.25. The van der Waals surface area contributed by atoms with Crippen LogP contribution >= 0.6 is 54.8 Å². The van der Waals surface area contributed by atoms with Crippen LogP contribution in [-0.2, 0) is 0 Å². The Balaban J connectivity index is 2.07. The first-order chi connectivity index (χ1) is 7.68. The summed E-state index contributed by atoms with van der Waals surface area (Å²) in [5.74, 6) is 0.668. The second-order valence-corrected chi connectivity index (χ2v) is 8.15. The molecule has 0 aliphatic heterocycles. The normalized spacial score (nSPS) is 20.7. The number of alkyl halides is 1. The van der Waals surface area contributed by atoms with Gasteiger partial charge in [0, 0.05) is 9.35 Å². The van der Waals surface area contributed by atoms with E-state index in [1.165, 1.54) is 43.4 Å². The Morgan fingerprint density at radius 2 is 1.81 bits per heavy atom. The third kappa shape index (κ3) is 3.24. The second-order valence-electron chi connectivity index (χ2n) is 4.42. The minimum atomic E-state index is 0.200.